The van der Waals surface area contributed by atoms with Crippen LogP contribution < -0.4 is 15.4 Å². The average Bonchev–Trinajstić information content (AvgIpc) is 3.66. The summed E-state index contributed by atoms with van der Waals surface area (Å²) in [5.41, 5.74) is 5.32. The zero-order chi connectivity index (χ0) is 22.8. The van der Waals surface area contributed by atoms with Crippen LogP contribution in [0.2, 0.25) is 0 Å². The van der Waals surface area contributed by atoms with E-state index >= 15 is 0 Å². The van der Waals surface area contributed by atoms with Gasteiger partial charge in [-0.15, -0.1) is 0 Å². The summed E-state index contributed by atoms with van der Waals surface area (Å²) in [6.45, 7) is 8.85. The summed E-state index contributed by atoms with van der Waals surface area (Å²) in [6, 6.07) is 15.9. The van der Waals surface area contributed by atoms with Gasteiger partial charge in [0.05, 0.1) is 5.52 Å². The number of benzene rings is 2. The van der Waals surface area contributed by atoms with E-state index < -0.39 is 0 Å². The lowest BCUT2D eigenvalue weighted by atomic mass is 10.0. The van der Waals surface area contributed by atoms with Crippen molar-refractivity contribution in [3.8, 4) is 0 Å². The Bertz CT molecular complexity index is 1160. The maximum absolute atomic E-state index is 12.6. The number of aldehydes is 1. The van der Waals surface area contributed by atoms with Gasteiger partial charge < -0.3 is 19.2 Å². The van der Waals surface area contributed by atoms with Crippen molar-refractivity contribution in [2.45, 2.75) is 52.1 Å². The summed E-state index contributed by atoms with van der Waals surface area (Å²) in [5.74, 6) is 0.478. The minimum absolute atomic E-state index is 0.0714. The molecular weight excluding hydrogens is 398 g/mol. The molecule has 5 nitrogen and oxygen atoms in total. The van der Waals surface area contributed by atoms with Gasteiger partial charge in [-0.05, 0) is 81.0 Å². The molecule has 1 saturated carbocycles. The molecule has 0 amide bonds. The number of hydrogen-bond donors (Lipinski definition) is 0. The van der Waals surface area contributed by atoms with Gasteiger partial charge in [-0.3, -0.25) is 4.79 Å². The van der Waals surface area contributed by atoms with E-state index in [4.69, 9.17) is 0 Å². The minimum Gasteiger partial charge on any atom is -0.372 e. The number of rotatable bonds is 9. The number of anilines is 2. The van der Waals surface area contributed by atoms with E-state index in [1.165, 1.54) is 5.69 Å². The fourth-order valence-electron chi connectivity index (χ4n) is 4.70. The van der Waals surface area contributed by atoms with Crippen LogP contribution >= 0.6 is 0 Å². The first kappa shape index (κ1) is 22.1. The molecule has 168 valence electrons. The standard InChI is InChI=1S/C27H33N3O2/c1-5-29(6-2)21-12-10-20(11-13-21)26(18-31)28(4)22-14-15-25-24(16-22)23(19-8-9-19)17-27(32)30(25)7-3/h10-19,26H,5-9H2,1-4H3. The highest BCUT2D eigenvalue weighted by Crippen LogP contribution is 2.43. The number of aryl methyl sites for hydroxylation is 1. The van der Waals surface area contributed by atoms with Crippen LogP contribution in [0.5, 0.6) is 0 Å². The fraction of sp³-hybridized carbons (Fsp3) is 0.407. The van der Waals surface area contributed by atoms with Gasteiger partial charge in [0, 0.05) is 49.5 Å². The quantitative estimate of drug-likeness (QED) is 0.441. The third-order valence-electron chi connectivity index (χ3n) is 6.78. The molecule has 4 rings (SSSR count). The Morgan fingerprint density at radius 1 is 1.00 bits per heavy atom. The van der Waals surface area contributed by atoms with Crippen LogP contribution in [0.3, 0.4) is 0 Å². The van der Waals surface area contributed by atoms with Gasteiger partial charge in [-0.2, -0.15) is 0 Å². The fourth-order valence-corrected chi connectivity index (χ4v) is 4.70. The van der Waals surface area contributed by atoms with Crippen LogP contribution in [-0.2, 0) is 11.3 Å². The van der Waals surface area contributed by atoms with E-state index in [0.29, 0.717) is 12.5 Å². The van der Waals surface area contributed by atoms with Crippen molar-refractivity contribution in [1.29, 1.82) is 0 Å². The normalized spacial score (nSPS) is 14.4. The van der Waals surface area contributed by atoms with Gasteiger partial charge in [0.2, 0.25) is 0 Å². The molecule has 2 aromatic carbocycles. The van der Waals surface area contributed by atoms with Crippen LogP contribution in [0.25, 0.3) is 10.9 Å². The average molecular weight is 432 g/mol. The summed E-state index contributed by atoms with van der Waals surface area (Å²) >= 11 is 0. The SMILES string of the molecule is CCN(CC)c1ccc(C(C=O)N(C)c2ccc3c(c2)c(C2CC2)cc(=O)n3CC)cc1. The number of hydrogen-bond acceptors (Lipinski definition) is 4. The van der Waals surface area contributed by atoms with Crippen molar-refractivity contribution in [2.75, 3.05) is 29.9 Å². The lowest BCUT2D eigenvalue weighted by molar-refractivity contribution is -0.109. The number of likely N-dealkylation sites (N-methyl/N-ethyl adjacent to an activating group) is 1. The van der Waals surface area contributed by atoms with Crippen LogP contribution in [0.4, 0.5) is 11.4 Å². The van der Waals surface area contributed by atoms with Crippen molar-refractivity contribution in [1.82, 2.24) is 4.57 Å². The molecule has 5 heteroatoms. The molecule has 1 aliphatic carbocycles. The highest BCUT2D eigenvalue weighted by atomic mass is 16.1. The monoisotopic (exact) mass is 431 g/mol. The second kappa shape index (κ2) is 9.19. The van der Waals surface area contributed by atoms with Gasteiger partial charge in [-0.25, -0.2) is 0 Å². The van der Waals surface area contributed by atoms with Crippen LogP contribution in [0, 0.1) is 0 Å². The van der Waals surface area contributed by atoms with Crippen LogP contribution in [0.15, 0.2) is 53.3 Å². The Kier molecular flexibility index (Phi) is 6.35. The molecule has 0 radical (unpaired) electrons. The molecule has 1 aromatic heterocycles. The molecule has 1 heterocycles. The Morgan fingerprint density at radius 2 is 1.66 bits per heavy atom. The molecular formula is C27H33N3O2. The largest absolute Gasteiger partial charge is 0.372 e. The van der Waals surface area contributed by atoms with Gasteiger partial charge in [-0.1, -0.05) is 12.1 Å². The van der Waals surface area contributed by atoms with E-state index in [2.05, 4.69) is 49.1 Å². The molecule has 32 heavy (non-hydrogen) atoms. The molecule has 1 atom stereocenters. The molecule has 0 N–H and O–H groups in total. The summed E-state index contributed by atoms with van der Waals surface area (Å²) in [7, 11) is 1.96. The van der Waals surface area contributed by atoms with Crippen molar-refractivity contribution in [3.05, 3.63) is 70.0 Å². The Balaban J connectivity index is 1.71. The van der Waals surface area contributed by atoms with Crippen LogP contribution in [0.1, 0.15) is 56.7 Å². The minimum atomic E-state index is -0.375. The van der Waals surface area contributed by atoms with Crippen molar-refractivity contribution in [2.24, 2.45) is 0 Å². The topological polar surface area (TPSA) is 45.6 Å². The maximum Gasteiger partial charge on any atom is 0.251 e. The lowest BCUT2D eigenvalue weighted by Gasteiger charge is -2.28. The van der Waals surface area contributed by atoms with Crippen molar-refractivity contribution < 1.29 is 4.79 Å². The molecule has 3 aromatic rings. The van der Waals surface area contributed by atoms with E-state index in [1.807, 2.05) is 41.6 Å². The summed E-state index contributed by atoms with van der Waals surface area (Å²) in [5, 5.41) is 1.12. The smallest absolute Gasteiger partial charge is 0.251 e. The highest BCUT2D eigenvalue weighted by Gasteiger charge is 2.27. The first-order valence-electron chi connectivity index (χ1n) is 11.7. The predicted octanol–water partition coefficient (Wildman–Crippen LogP) is 5.12. The number of carbonyl (C=O) groups excluding carboxylic acids is 1. The zero-order valence-electron chi connectivity index (χ0n) is 19.5. The van der Waals surface area contributed by atoms with Gasteiger partial charge in [0.25, 0.3) is 5.56 Å². The Hall–Kier alpha value is -3.08. The Morgan fingerprint density at radius 3 is 2.22 bits per heavy atom. The van der Waals surface area contributed by atoms with E-state index in [-0.39, 0.29) is 11.6 Å². The lowest BCUT2D eigenvalue weighted by Crippen LogP contribution is -2.26. The predicted molar refractivity (Wildman–Crippen MR) is 133 cm³/mol. The number of carbonyl (C=O) groups is 1. The second-order valence-electron chi connectivity index (χ2n) is 8.61. The Labute approximate surface area is 190 Å². The van der Waals surface area contributed by atoms with Crippen molar-refractivity contribution in [3.63, 3.8) is 0 Å². The number of aromatic nitrogens is 1. The molecule has 0 aliphatic heterocycles. The van der Waals surface area contributed by atoms with E-state index in [9.17, 15) is 9.59 Å². The zero-order valence-corrected chi connectivity index (χ0v) is 19.5. The highest BCUT2D eigenvalue weighted by molar-refractivity contribution is 5.87. The molecule has 0 saturated heterocycles. The first-order chi connectivity index (χ1) is 15.5. The first-order valence-corrected chi connectivity index (χ1v) is 11.7. The van der Waals surface area contributed by atoms with Gasteiger partial charge in [0.1, 0.15) is 12.3 Å². The third-order valence-corrected chi connectivity index (χ3v) is 6.78. The molecule has 1 unspecified atom stereocenters. The molecule has 0 spiro atoms. The molecule has 1 fully saturated rings. The summed E-state index contributed by atoms with van der Waals surface area (Å²) in [6.07, 6.45) is 3.28. The number of fused-ring (bicyclic) bond motifs is 1. The third kappa shape index (κ3) is 4.04. The maximum atomic E-state index is 12.6. The number of nitrogens with zero attached hydrogens (tertiary/aromatic N) is 3. The summed E-state index contributed by atoms with van der Waals surface area (Å²) < 4.78 is 1.83. The second-order valence-corrected chi connectivity index (χ2v) is 8.61. The van der Waals surface area contributed by atoms with E-state index in [1.54, 1.807) is 0 Å². The summed E-state index contributed by atoms with van der Waals surface area (Å²) in [4.78, 5) is 29.1. The van der Waals surface area contributed by atoms with Gasteiger partial charge >= 0.3 is 0 Å². The van der Waals surface area contributed by atoms with Crippen molar-refractivity contribution >= 4 is 28.6 Å². The van der Waals surface area contributed by atoms with Crippen LogP contribution in [-0.4, -0.2) is 31.0 Å². The molecule has 0 bridgehead atoms. The molecule has 1 aliphatic rings. The number of pyridine rings is 1. The van der Waals surface area contributed by atoms with Gasteiger partial charge in [0.15, 0.2) is 0 Å². The van der Waals surface area contributed by atoms with E-state index in [0.717, 1.165) is 59.9 Å².